The summed E-state index contributed by atoms with van der Waals surface area (Å²) >= 11 is 0. The van der Waals surface area contributed by atoms with Gasteiger partial charge in [-0.1, -0.05) is 26.0 Å². The van der Waals surface area contributed by atoms with Crippen molar-refractivity contribution < 1.29 is 9.90 Å². The van der Waals surface area contributed by atoms with Gasteiger partial charge in [0.25, 0.3) is 0 Å². The van der Waals surface area contributed by atoms with E-state index >= 15 is 0 Å². The summed E-state index contributed by atoms with van der Waals surface area (Å²) in [5.41, 5.74) is 2.56. The minimum Gasteiger partial charge on any atom is -0.513 e. The number of hydrogen-bond donors (Lipinski definition) is 2. The molecule has 0 fully saturated rings. The second-order valence-corrected chi connectivity index (χ2v) is 6.95. The Morgan fingerprint density at radius 3 is 2.85 bits per heavy atom. The molecule has 2 aromatic rings. The fourth-order valence-electron chi connectivity index (χ4n) is 2.67. The van der Waals surface area contributed by atoms with Crippen molar-refractivity contribution in [2.75, 3.05) is 5.32 Å². The van der Waals surface area contributed by atoms with E-state index in [1.165, 1.54) is 0 Å². The summed E-state index contributed by atoms with van der Waals surface area (Å²) in [5.74, 6) is 1.20. The molecule has 1 heterocycles. The highest BCUT2D eigenvalue weighted by atomic mass is 16.3. The van der Waals surface area contributed by atoms with Crippen molar-refractivity contribution in [3.05, 3.63) is 65.3 Å². The normalized spacial score (nSPS) is 11.3. The molecule has 142 valence electrons. The van der Waals surface area contributed by atoms with E-state index in [4.69, 9.17) is 4.98 Å². The van der Waals surface area contributed by atoms with E-state index in [-0.39, 0.29) is 12.3 Å². The molecule has 5 nitrogen and oxygen atoms in total. The summed E-state index contributed by atoms with van der Waals surface area (Å²) < 4.78 is 0. The van der Waals surface area contributed by atoms with Gasteiger partial charge in [0.2, 0.25) is 5.91 Å². The Labute approximate surface area is 161 Å². The van der Waals surface area contributed by atoms with Crippen LogP contribution in [0, 0.1) is 18.1 Å². The van der Waals surface area contributed by atoms with Gasteiger partial charge in [-0.3, -0.25) is 9.78 Å². The molecule has 1 amide bonds. The van der Waals surface area contributed by atoms with Crippen LogP contribution >= 0.6 is 0 Å². The molecule has 1 aromatic carbocycles. The number of nitrogens with zero attached hydrogens (tertiary/aromatic N) is 2. The average molecular weight is 365 g/mol. The average Bonchev–Trinajstić information content (AvgIpc) is 2.64. The maximum absolute atomic E-state index is 12.3. The smallest absolute Gasteiger partial charge is 0.230 e. The molecule has 27 heavy (non-hydrogen) atoms. The Hall–Kier alpha value is -2.87. The predicted molar refractivity (Wildman–Crippen MR) is 106 cm³/mol. The van der Waals surface area contributed by atoms with Crippen LogP contribution in [0.1, 0.15) is 50.6 Å². The fraction of sp³-hybridized carbons (Fsp3) is 0.409. The monoisotopic (exact) mass is 365 g/mol. The number of aliphatic hydroxyl groups is 1. The van der Waals surface area contributed by atoms with Gasteiger partial charge in [0.15, 0.2) is 5.82 Å². The first-order valence-corrected chi connectivity index (χ1v) is 9.33. The van der Waals surface area contributed by atoms with E-state index in [2.05, 4.69) is 36.3 Å². The van der Waals surface area contributed by atoms with E-state index in [1.807, 2.05) is 13.0 Å². The number of hydrogen-bond acceptors (Lipinski definition) is 4. The number of carbonyl (C=O) groups is 1. The molecule has 0 unspecified atom stereocenters. The number of nitrogens with one attached hydrogen (secondary N) is 1. The molecule has 0 radical (unpaired) electrons. The second-order valence-electron chi connectivity index (χ2n) is 6.95. The number of allylic oxidation sites excluding steroid dienone is 2. The van der Waals surface area contributed by atoms with Crippen molar-refractivity contribution in [1.29, 1.82) is 0 Å². The quantitative estimate of drug-likeness (QED) is 0.652. The van der Waals surface area contributed by atoms with Gasteiger partial charge in [0, 0.05) is 6.42 Å². The third-order valence-corrected chi connectivity index (χ3v) is 4.04. The molecule has 0 saturated carbocycles. The first-order valence-electron chi connectivity index (χ1n) is 9.33. The standard InChI is InChI=1S/C22H27N3O2/c1-4-19(26)12-8-11-18-15-23-22(20(24-18)13-16(2)3)25-21(27)14-17-9-6-5-7-10-17/h4,6,9-10,15-16,26H,8,11-14H2,1-3H3,(H,23,25,27)/b19-4+. The van der Waals surface area contributed by atoms with Gasteiger partial charge in [0.1, 0.15) is 0 Å². The number of anilines is 1. The first kappa shape index (κ1) is 20.4. The van der Waals surface area contributed by atoms with E-state index in [0.717, 1.165) is 36.2 Å². The maximum Gasteiger partial charge on any atom is 0.230 e. The Kier molecular flexibility index (Phi) is 7.81. The van der Waals surface area contributed by atoms with Gasteiger partial charge in [-0.2, -0.15) is 0 Å². The minimum atomic E-state index is -0.125. The molecular formula is C22H27N3O2. The summed E-state index contributed by atoms with van der Waals surface area (Å²) in [6, 6.07) is 11.0. The molecule has 2 rings (SSSR count). The molecule has 0 aliphatic carbocycles. The van der Waals surface area contributed by atoms with E-state index in [1.54, 1.807) is 24.4 Å². The number of carbonyl (C=O) groups excluding carboxylic acids is 1. The van der Waals surface area contributed by atoms with Crippen LogP contribution in [0.3, 0.4) is 0 Å². The topological polar surface area (TPSA) is 75.1 Å². The lowest BCUT2D eigenvalue weighted by Crippen LogP contribution is -2.18. The highest BCUT2D eigenvalue weighted by Crippen LogP contribution is 2.17. The SMILES string of the molecule is C/C=C(/O)CCCc1cnc(NC(=O)Cc2cc#ccc2)c(CC(C)C)n1. The van der Waals surface area contributed by atoms with Gasteiger partial charge in [0.05, 0.1) is 29.8 Å². The second kappa shape index (κ2) is 10.3. The van der Waals surface area contributed by atoms with Crippen LogP contribution in [0.5, 0.6) is 0 Å². The number of amides is 1. The molecule has 5 heteroatoms. The van der Waals surface area contributed by atoms with Crippen molar-refractivity contribution >= 4 is 11.7 Å². The Balaban J connectivity index is 2.06. The van der Waals surface area contributed by atoms with Crippen molar-refractivity contribution in [3.8, 4) is 0 Å². The predicted octanol–water partition coefficient (Wildman–Crippen LogP) is 4.24. The molecule has 0 saturated heterocycles. The van der Waals surface area contributed by atoms with Crippen molar-refractivity contribution in [2.45, 2.75) is 52.9 Å². The summed E-state index contributed by atoms with van der Waals surface area (Å²) in [6.45, 7) is 6.04. The molecule has 0 aliphatic rings. The lowest BCUT2D eigenvalue weighted by molar-refractivity contribution is -0.115. The number of aryl methyl sites for hydroxylation is 1. The minimum absolute atomic E-state index is 0.125. The zero-order valence-corrected chi connectivity index (χ0v) is 16.2. The van der Waals surface area contributed by atoms with E-state index in [9.17, 15) is 9.90 Å². The molecule has 2 N–H and O–H groups in total. The van der Waals surface area contributed by atoms with Crippen molar-refractivity contribution in [1.82, 2.24) is 9.97 Å². The number of aromatic nitrogens is 2. The van der Waals surface area contributed by atoms with Crippen molar-refractivity contribution in [2.24, 2.45) is 5.92 Å². The Morgan fingerprint density at radius 1 is 1.37 bits per heavy atom. The van der Waals surface area contributed by atoms with Crippen LogP contribution in [-0.4, -0.2) is 21.0 Å². The van der Waals surface area contributed by atoms with Crippen LogP contribution in [-0.2, 0) is 24.1 Å². The number of aliphatic hydroxyl groups excluding tert-OH is 1. The molecule has 0 spiro atoms. The lowest BCUT2D eigenvalue weighted by atomic mass is 10.1. The highest BCUT2D eigenvalue weighted by Gasteiger charge is 2.13. The van der Waals surface area contributed by atoms with E-state index < -0.39 is 0 Å². The van der Waals surface area contributed by atoms with Crippen LogP contribution in [0.4, 0.5) is 5.82 Å². The van der Waals surface area contributed by atoms with Gasteiger partial charge in [-0.15, -0.1) is 0 Å². The fourth-order valence-corrected chi connectivity index (χ4v) is 2.67. The molecule has 1 aromatic heterocycles. The summed E-state index contributed by atoms with van der Waals surface area (Å²) in [6.07, 6.45) is 6.58. The van der Waals surface area contributed by atoms with Crippen LogP contribution in [0.15, 0.2) is 36.2 Å². The van der Waals surface area contributed by atoms with Crippen LogP contribution in [0.25, 0.3) is 0 Å². The Morgan fingerprint density at radius 2 is 2.19 bits per heavy atom. The summed E-state index contributed by atoms with van der Waals surface area (Å²) in [4.78, 5) is 21.5. The zero-order chi connectivity index (χ0) is 19.6. The van der Waals surface area contributed by atoms with Gasteiger partial charge < -0.3 is 10.4 Å². The van der Waals surface area contributed by atoms with Crippen LogP contribution < -0.4 is 5.32 Å². The first-order chi connectivity index (χ1) is 13.0. The molecule has 0 atom stereocenters. The third kappa shape index (κ3) is 7.10. The Bertz CT molecular complexity index is 770. The zero-order valence-electron chi connectivity index (χ0n) is 16.2. The molecule has 0 bridgehead atoms. The van der Waals surface area contributed by atoms with Gasteiger partial charge >= 0.3 is 0 Å². The maximum atomic E-state index is 12.3. The highest BCUT2D eigenvalue weighted by molar-refractivity contribution is 5.91. The summed E-state index contributed by atoms with van der Waals surface area (Å²) in [7, 11) is 0. The third-order valence-electron chi connectivity index (χ3n) is 4.04. The van der Waals surface area contributed by atoms with Crippen LogP contribution in [0.2, 0.25) is 0 Å². The lowest BCUT2D eigenvalue weighted by Gasteiger charge is -2.13. The molecular weight excluding hydrogens is 338 g/mol. The number of rotatable bonds is 9. The molecule has 0 aliphatic heterocycles. The van der Waals surface area contributed by atoms with Crippen molar-refractivity contribution in [3.63, 3.8) is 0 Å². The van der Waals surface area contributed by atoms with E-state index in [0.29, 0.717) is 23.9 Å². The summed E-state index contributed by atoms with van der Waals surface area (Å²) in [5, 5.41) is 12.4. The van der Waals surface area contributed by atoms with Gasteiger partial charge in [-0.25, -0.2) is 4.98 Å². The van der Waals surface area contributed by atoms with Gasteiger partial charge in [-0.05, 0) is 61.9 Å². The largest absolute Gasteiger partial charge is 0.513 e.